The molecule has 3 nitrogen and oxygen atoms in total. The molecule has 2 aromatic rings. The van der Waals surface area contributed by atoms with Gasteiger partial charge in [-0.3, -0.25) is 4.98 Å². The summed E-state index contributed by atoms with van der Waals surface area (Å²) in [4.78, 5) is 4.10. The zero-order valence-electron chi connectivity index (χ0n) is 10.5. The fraction of sp³-hybridized carbons (Fsp3) is 0.214. The number of pyridine rings is 1. The van der Waals surface area contributed by atoms with Crippen molar-refractivity contribution in [1.82, 2.24) is 10.3 Å². The lowest BCUT2D eigenvalue weighted by Gasteiger charge is -2.11. The standard InChI is InChI=1S/C14H14Cl2N2O/c1-2-17-8-10-9-18-6-5-14(10)19-11-3-4-12(15)13(16)7-11/h3-7,9,17H,2,8H2,1H3. The summed E-state index contributed by atoms with van der Waals surface area (Å²) >= 11 is 11.8. The Morgan fingerprint density at radius 2 is 2.05 bits per heavy atom. The maximum atomic E-state index is 5.97. The van der Waals surface area contributed by atoms with Crippen LogP contribution in [-0.4, -0.2) is 11.5 Å². The first-order chi connectivity index (χ1) is 9.20. The molecule has 0 aliphatic rings. The number of hydrogen-bond acceptors (Lipinski definition) is 3. The number of nitrogens with zero attached hydrogens (tertiary/aromatic N) is 1. The summed E-state index contributed by atoms with van der Waals surface area (Å²) in [6.07, 6.45) is 3.48. The van der Waals surface area contributed by atoms with Gasteiger partial charge in [-0.2, -0.15) is 0 Å². The summed E-state index contributed by atoms with van der Waals surface area (Å²) in [6.45, 7) is 3.65. The summed E-state index contributed by atoms with van der Waals surface area (Å²) in [6, 6.07) is 7.02. The number of benzene rings is 1. The van der Waals surface area contributed by atoms with E-state index in [4.69, 9.17) is 27.9 Å². The van der Waals surface area contributed by atoms with Crippen LogP contribution in [0.15, 0.2) is 36.7 Å². The van der Waals surface area contributed by atoms with Crippen LogP contribution in [-0.2, 0) is 6.54 Å². The molecule has 0 fully saturated rings. The van der Waals surface area contributed by atoms with E-state index in [0.29, 0.717) is 22.3 Å². The van der Waals surface area contributed by atoms with Crippen molar-refractivity contribution in [2.24, 2.45) is 0 Å². The van der Waals surface area contributed by atoms with Gasteiger partial charge in [0, 0.05) is 30.6 Å². The predicted octanol–water partition coefficient (Wildman–Crippen LogP) is 4.29. The van der Waals surface area contributed by atoms with E-state index >= 15 is 0 Å². The number of halogens is 2. The van der Waals surface area contributed by atoms with Gasteiger partial charge in [0.15, 0.2) is 0 Å². The molecule has 0 radical (unpaired) electrons. The van der Waals surface area contributed by atoms with E-state index < -0.39 is 0 Å². The second-order valence-electron chi connectivity index (χ2n) is 3.94. The lowest BCUT2D eigenvalue weighted by molar-refractivity contribution is 0.472. The highest BCUT2D eigenvalue weighted by molar-refractivity contribution is 6.42. The van der Waals surface area contributed by atoms with Crippen LogP contribution in [0.2, 0.25) is 10.0 Å². The largest absolute Gasteiger partial charge is 0.457 e. The van der Waals surface area contributed by atoms with Gasteiger partial charge in [0.2, 0.25) is 0 Å². The Balaban J connectivity index is 2.20. The van der Waals surface area contributed by atoms with Crippen molar-refractivity contribution in [1.29, 1.82) is 0 Å². The quantitative estimate of drug-likeness (QED) is 0.894. The van der Waals surface area contributed by atoms with Gasteiger partial charge in [0.1, 0.15) is 11.5 Å². The van der Waals surface area contributed by atoms with Crippen LogP contribution in [0, 0.1) is 0 Å². The molecule has 100 valence electrons. The first kappa shape index (κ1) is 14.1. The number of nitrogens with one attached hydrogen (secondary N) is 1. The fourth-order valence-electron chi connectivity index (χ4n) is 1.57. The molecule has 0 amide bonds. The Kier molecular flexibility index (Phi) is 5.02. The molecule has 5 heteroatoms. The Bertz CT molecular complexity index is 561. The maximum absolute atomic E-state index is 5.97. The van der Waals surface area contributed by atoms with E-state index in [0.717, 1.165) is 17.9 Å². The van der Waals surface area contributed by atoms with Gasteiger partial charge in [-0.1, -0.05) is 30.1 Å². The van der Waals surface area contributed by atoms with Crippen LogP contribution in [0.25, 0.3) is 0 Å². The van der Waals surface area contributed by atoms with Crippen LogP contribution in [0.4, 0.5) is 0 Å². The van der Waals surface area contributed by atoms with Crippen molar-refractivity contribution in [3.63, 3.8) is 0 Å². The molecule has 19 heavy (non-hydrogen) atoms. The van der Waals surface area contributed by atoms with Crippen molar-refractivity contribution in [2.45, 2.75) is 13.5 Å². The predicted molar refractivity (Wildman–Crippen MR) is 78.2 cm³/mol. The van der Waals surface area contributed by atoms with Gasteiger partial charge in [-0.15, -0.1) is 0 Å². The highest BCUT2D eigenvalue weighted by Crippen LogP contribution is 2.30. The topological polar surface area (TPSA) is 34.2 Å². The van der Waals surface area contributed by atoms with Gasteiger partial charge in [-0.25, -0.2) is 0 Å². The number of ether oxygens (including phenoxy) is 1. The van der Waals surface area contributed by atoms with Gasteiger partial charge in [0.05, 0.1) is 10.0 Å². The first-order valence-electron chi connectivity index (χ1n) is 5.97. The average molecular weight is 297 g/mol. The molecule has 1 heterocycles. The van der Waals surface area contributed by atoms with Gasteiger partial charge in [0.25, 0.3) is 0 Å². The minimum Gasteiger partial charge on any atom is -0.457 e. The zero-order valence-corrected chi connectivity index (χ0v) is 12.0. The Labute approximate surface area is 122 Å². The molecule has 0 saturated carbocycles. The van der Waals surface area contributed by atoms with E-state index in [1.807, 2.05) is 6.07 Å². The molecular formula is C14H14Cl2N2O. The van der Waals surface area contributed by atoms with E-state index in [1.165, 1.54) is 0 Å². The Morgan fingerprint density at radius 1 is 1.21 bits per heavy atom. The van der Waals surface area contributed by atoms with Gasteiger partial charge in [-0.05, 0) is 24.7 Å². The molecule has 0 spiro atoms. The SMILES string of the molecule is CCNCc1cnccc1Oc1ccc(Cl)c(Cl)c1. The van der Waals surface area contributed by atoms with Crippen molar-refractivity contribution < 1.29 is 4.74 Å². The fourth-order valence-corrected chi connectivity index (χ4v) is 1.86. The highest BCUT2D eigenvalue weighted by Gasteiger charge is 2.06. The smallest absolute Gasteiger partial charge is 0.134 e. The van der Waals surface area contributed by atoms with Crippen molar-refractivity contribution in [3.05, 3.63) is 52.3 Å². The van der Waals surface area contributed by atoms with Crippen molar-refractivity contribution in [3.8, 4) is 11.5 Å². The first-order valence-corrected chi connectivity index (χ1v) is 6.73. The van der Waals surface area contributed by atoms with E-state index in [2.05, 4.69) is 17.2 Å². The molecule has 0 atom stereocenters. The average Bonchev–Trinajstić information content (AvgIpc) is 2.42. The summed E-state index contributed by atoms with van der Waals surface area (Å²) in [5.74, 6) is 1.41. The van der Waals surface area contributed by atoms with Crippen molar-refractivity contribution >= 4 is 23.2 Å². The molecule has 0 unspecified atom stereocenters. The molecule has 1 aromatic heterocycles. The summed E-state index contributed by atoms with van der Waals surface area (Å²) in [5, 5.41) is 4.23. The Hall–Kier alpha value is -1.29. The van der Waals surface area contributed by atoms with Crippen LogP contribution in [0.3, 0.4) is 0 Å². The third-order valence-electron chi connectivity index (χ3n) is 2.54. The van der Waals surface area contributed by atoms with E-state index in [9.17, 15) is 0 Å². The molecule has 0 aliphatic carbocycles. The lowest BCUT2D eigenvalue weighted by atomic mass is 10.2. The maximum Gasteiger partial charge on any atom is 0.134 e. The number of rotatable bonds is 5. The monoisotopic (exact) mass is 296 g/mol. The molecular weight excluding hydrogens is 283 g/mol. The second kappa shape index (κ2) is 6.75. The van der Waals surface area contributed by atoms with E-state index in [1.54, 1.807) is 30.6 Å². The molecule has 0 aliphatic heterocycles. The van der Waals surface area contributed by atoms with E-state index in [-0.39, 0.29) is 0 Å². The molecule has 1 N–H and O–H groups in total. The molecule has 0 bridgehead atoms. The molecule has 2 rings (SSSR count). The lowest BCUT2D eigenvalue weighted by Crippen LogP contribution is -2.12. The van der Waals surface area contributed by atoms with Crippen molar-refractivity contribution in [2.75, 3.05) is 6.54 Å². The minimum absolute atomic E-state index is 0.474. The number of hydrogen-bond donors (Lipinski definition) is 1. The highest BCUT2D eigenvalue weighted by atomic mass is 35.5. The summed E-state index contributed by atoms with van der Waals surface area (Å²) < 4.78 is 5.82. The summed E-state index contributed by atoms with van der Waals surface area (Å²) in [5.41, 5.74) is 0.996. The zero-order chi connectivity index (χ0) is 13.7. The van der Waals surface area contributed by atoms with Gasteiger partial charge >= 0.3 is 0 Å². The Morgan fingerprint density at radius 3 is 2.79 bits per heavy atom. The molecule has 1 aromatic carbocycles. The van der Waals surface area contributed by atoms with Crippen LogP contribution in [0.5, 0.6) is 11.5 Å². The normalized spacial score (nSPS) is 10.5. The third kappa shape index (κ3) is 3.83. The second-order valence-corrected chi connectivity index (χ2v) is 4.76. The van der Waals surface area contributed by atoms with Gasteiger partial charge < -0.3 is 10.1 Å². The molecule has 0 saturated heterocycles. The number of aromatic nitrogens is 1. The van der Waals surface area contributed by atoms with Crippen LogP contribution < -0.4 is 10.1 Å². The van der Waals surface area contributed by atoms with Crippen LogP contribution >= 0.6 is 23.2 Å². The van der Waals surface area contributed by atoms with Crippen LogP contribution in [0.1, 0.15) is 12.5 Å². The third-order valence-corrected chi connectivity index (χ3v) is 3.28. The minimum atomic E-state index is 0.474. The summed E-state index contributed by atoms with van der Waals surface area (Å²) in [7, 11) is 0.